The molecule has 0 saturated carbocycles. The number of amides is 2. The van der Waals surface area contributed by atoms with Gasteiger partial charge in [-0.2, -0.15) is 5.26 Å². The quantitative estimate of drug-likeness (QED) is 0.783. The molecular weight excluding hydrogens is 190 g/mol. The van der Waals surface area contributed by atoms with Gasteiger partial charge < -0.3 is 5.32 Å². The second kappa shape index (κ2) is 4.01. The fourth-order valence-corrected chi connectivity index (χ4v) is 1.60. The maximum absolute atomic E-state index is 11.3. The molecule has 0 aliphatic carbocycles. The number of anilines is 1. The van der Waals surface area contributed by atoms with E-state index in [1.54, 1.807) is 4.90 Å². The Labute approximate surface area is 88.1 Å². The first kappa shape index (κ1) is 9.53. The van der Waals surface area contributed by atoms with Gasteiger partial charge in [-0.05, 0) is 17.7 Å². The molecule has 0 bridgehead atoms. The molecule has 1 aliphatic rings. The molecule has 0 radical (unpaired) electrons. The summed E-state index contributed by atoms with van der Waals surface area (Å²) < 4.78 is 0. The van der Waals surface area contributed by atoms with E-state index < -0.39 is 0 Å². The molecule has 76 valence electrons. The number of carbonyl (C=O) groups excluding carboxylic acids is 1. The fraction of sp³-hybridized carbons (Fsp3) is 0.273. The Morgan fingerprint density at radius 2 is 2.13 bits per heavy atom. The number of nitriles is 1. The average molecular weight is 201 g/mol. The topological polar surface area (TPSA) is 56.1 Å². The zero-order valence-corrected chi connectivity index (χ0v) is 8.23. The number of nitrogens with zero attached hydrogens (tertiary/aromatic N) is 2. The van der Waals surface area contributed by atoms with Crippen LogP contribution in [0.5, 0.6) is 0 Å². The molecule has 15 heavy (non-hydrogen) atoms. The number of rotatable bonds is 2. The summed E-state index contributed by atoms with van der Waals surface area (Å²) in [5.74, 6) is 0. The van der Waals surface area contributed by atoms with Crippen molar-refractivity contribution in [2.24, 2.45) is 0 Å². The van der Waals surface area contributed by atoms with E-state index in [-0.39, 0.29) is 6.03 Å². The lowest BCUT2D eigenvalue weighted by Gasteiger charge is -2.13. The first-order chi connectivity index (χ1) is 7.31. The van der Waals surface area contributed by atoms with Gasteiger partial charge in [0.1, 0.15) is 0 Å². The number of carbonyl (C=O) groups is 1. The Hall–Kier alpha value is -2.02. The summed E-state index contributed by atoms with van der Waals surface area (Å²) in [6.45, 7) is 1.40. The lowest BCUT2D eigenvalue weighted by molar-refractivity contribution is 0.252. The van der Waals surface area contributed by atoms with Crippen molar-refractivity contribution in [2.75, 3.05) is 18.0 Å². The molecule has 0 atom stereocenters. The highest BCUT2D eigenvalue weighted by atomic mass is 16.2. The van der Waals surface area contributed by atoms with Gasteiger partial charge in [-0.3, -0.25) is 4.90 Å². The van der Waals surface area contributed by atoms with Crippen molar-refractivity contribution in [3.63, 3.8) is 0 Å². The second-order valence-electron chi connectivity index (χ2n) is 3.38. The first-order valence-corrected chi connectivity index (χ1v) is 4.82. The summed E-state index contributed by atoms with van der Waals surface area (Å²) in [6.07, 6.45) is 0.409. The number of urea groups is 1. The maximum atomic E-state index is 11.3. The van der Waals surface area contributed by atoms with E-state index >= 15 is 0 Å². The molecule has 1 saturated heterocycles. The van der Waals surface area contributed by atoms with Gasteiger partial charge in [0.15, 0.2) is 0 Å². The van der Waals surface area contributed by atoms with E-state index in [2.05, 4.69) is 11.4 Å². The molecule has 2 amide bonds. The van der Waals surface area contributed by atoms with Crippen LogP contribution < -0.4 is 10.2 Å². The van der Waals surface area contributed by atoms with E-state index in [4.69, 9.17) is 5.26 Å². The SMILES string of the molecule is N#CCc1ccc(N2CCNC2=O)cc1. The summed E-state index contributed by atoms with van der Waals surface area (Å²) in [4.78, 5) is 13.0. The lowest BCUT2D eigenvalue weighted by atomic mass is 10.1. The highest BCUT2D eigenvalue weighted by Crippen LogP contribution is 2.17. The van der Waals surface area contributed by atoms with E-state index in [1.807, 2.05) is 24.3 Å². The van der Waals surface area contributed by atoms with Gasteiger partial charge in [-0.15, -0.1) is 0 Å². The number of hydrogen-bond donors (Lipinski definition) is 1. The van der Waals surface area contributed by atoms with Gasteiger partial charge in [0.25, 0.3) is 0 Å². The third kappa shape index (κ3) is 1.91. The molecular formula is C11H11N3O. The van der Waals surface area contributed by atoms with Gasteiger partial charge in [-0.1, -0.05) is 12.1 Å². The summed E-state index contributed by atoms with van der Waals surface area (Å²) in [5.41, 5.74) is 1.85. The largest absolute Gasteiger partial charge is 0.336 e. The predicted octanol–water partition coefficient (Wildman–Crippen LogP) is 1.28. The number of hydrogen-bond acceptors (Lipinski definition) is 2. The monoisotopic (exact) mass is 201 g/mol. The summed E-state index contributed by atoms with van der Waals surface area (Å²) >= 11 is 0. The maximum Gasteiger partial charge on any atom is 0.321 e. The molecule has 1 aromatic rings. The minimum atomic E-state index is -0.0527. The van der Waals surface area contributed by atoms with Gasteiger partial charge >= 0.3 is 6.03 Å². The highest BCUT2D eigenvalue weighted by molar-refractivity contribution is 5.93. The van der Waals surface area contributed by atoms with Gasteiger partial charge in [0.05, 0.1) is 12.5 Å². The Morgan fingerprint density at radius 1 is 1.40 bits per heavy atom. The standard InChI is InChI=1S/C11H11N3O/c12-6-5-9-1-3-10(4-2-9)14-8-7-13-11(14)15/h1-4H,5,7-8H2,(H,13,15). The third-order valence-corrected chi connectivity index (χ3v) is 2.39. The van der Waals surface area contributed by atoms with Crippen LogP contribution in [0.4, 0.5) is 10.5 Å². The van der Waals surface area contributed by atoms with Crippen LogP contribution in [0.3, 0.4) is 0 Å². The van der Waals surface area contributed by atoms with Crippen molar-refractivity contribution in [2.45, 2.75) is 6.42 Å². The van der Waals surface area contributed by atoms with Crippen molar-refractivity contribution in [3.8, 4) is 6.07 Å². The Kier molecular flexibility index (Phi) is 2.55. The van der Waals surface area contributed by atoms with Crippen LogP contribution >= 0.6 is 0 Å². The van der Waals surface area contributed by atoms with E-state index in [0.717, 1.165) is 11.3 Å². The van der Waals surface area contributed by atoms with Gasteiger partial charge in [-0.25, -0.2) is 4.79 Å². The molecule has 4 nitrogen and oxygen atoms in total. The van der Waals surface area contributed by atoms with E-state index in [1.165, 1.54) is 0 Å². The highest BCUT2D eigenvalue weighted by Gasteiger charge is 2.20. The van der Waals surface area contributed by atoms with Crippen molar-refractivity contribution in [1.29, 1.82) is 5.26 Å². The zero-order valence-electron chi connectivity index (χ0n) is 8.23. The Balaban J connectivity index is 2.16. The second-order valence-corrected chi connectivity index (χ2v) is 3.38. The summed E-state index contributed by atoms with van der Waals surface area (Å²) in [6, 6.07) is 9.54. The lowest BCUT2D eigenvalue weighted by Crippen LogP contribution is -2.27. The molecule has 4 heteroatoms. The molecule has 2 rings (SSSR count). The van der Waals surface area contributed by atoms with E-state index in [0.29, 0.717) is 19.5 Å². The van der Waals surface area contributed by atoms with Crippen molar-refractivity contribution in [3.05, 3.63) is 29.8 Å². The van der Waals surface area contributed by atoms with Crippen LogP contribution in [-0.4, -0.2) is 19.1 Å². The van der Waals surface area contributed by atoms with Crippen LogP contribution in [-0.2, 0) is 6.42 Å². The third-order valence-electron chi connectivity index (χ3n) is 2.39. The average Bonchev–Trinajstić information content (AvgIpc) is 2.66. The van der Waals surface area contributed by atoms with Crippen molar-refractivity contribution < 1.29 is 4.79 Å². The van der Waals surface area contributed by atoms with Gasteiger partial charge in [0, 0.05) is 18.8 Å². The molecule has 1 aliphatic heterocycles. The number of benzene rings is 1. The molecule has 1 N–H and O–H groups in total. The van der Waals surface area contributed by atoms with Crippen LogP contribution in [0.25, 0.3) is 0 Å². The Bertz CT molecular complexity index is 405. The number of nitrogens with one attached hydrogen (secondary N) is 1. The summed E-state index contributed by atoms with van der Waals surface area (Å²) in [5, 5.41) is 11.3. The zero-order chi connectivity index (χ0) is 10.7. The fourth-order valence-electron chi connectivity index (χ4n) is 1.60. The summed E-state index contributed by atoms with van der Waals surface area (Å²) in [7, 11) is 0. The molecule has 1 aromatic carbocycles. The molecule has 0 unspecified atom stereocenters. The molecule has 1 heterocycles. The van der Waals surface area contributed by atoms with Crippen molar-refractivity contribution in [1.82, 2.24) is 5.32 Å². The smallest absolute Gasteiger partial charge is 0.321 e. The van der Waals surface area contributed by atoms with Crippen LogP contribution in [0.1, 0.15) is 5.56 Å². The minimum Gasteiger partial charge on any atom is -0.336 e. The van der Waals surface area contributed by atoms with Gasteiger partial charge in [0.2, 0.25) is 0 Å². The molecule has 0 aromatic heterocycles. The van der Waals surface area contributed by atoms with Crippen LogP contribution in [0.15, 0.2) is 24.3 Å². The first-order valence-electron chi connectivity index (χ1n) is 4.82. The predicted molar refractivity (Wildman–Crippen MR) is 56.5 cm³/mol. The minimum absolute atomic E-state index is 0.0527. The normalized spacial score (nSPS) is 14.9. The van der Waals surface area contributed by atoms with Crippen LogP contribution in [0.2, 0.25) is 0 Å². The van der Waals surface area contributed by atoms with Crippen LogP contribution in [0, 0.1) is 11.3 Å². The van der Waals surface area contributed by atoms with E-state index in [9.17, 15) is 4.79 Å². The molecule has 1 fully saturated rings. The van der Waals surface area contributed by atoms with Crippen molar-refractivity contribution >= 4 is 11.7 Å². The molecule has 0 spiro atoms. The Morgan fingerprint density at radius 3 is 2.67 bits per heavy atom.